The number of ether oxygens (including phenoxy) is 1. The molecule has 0 aromatic heterocycles. The van der Waals surface area contributed by atoms with Crippen LogP contribution < -0.4 is 4.90 Å². The van der Waals surface area contributed by atoms with Crippen molar-refractivity contribution >= 4 is 11.5 Å². The van der Waals surface area contributed by atoms with Gasteiger partial charge < -0.3 is 9.64 Å². The molecule has 1 aromatic carbocycles. The van der Waals surface area contributed by atoms with E-state index in [0.717, 1.165) is 31.9 Å². The van der Waals surface area contributed by atoms with Gasteiger partial charge in [-0.1, -0.05) is 12.1 Å². The Kier molecular flexibility index (Phi) is 2.86. The Morgan fingerprint density at radius 2 is 2.00 bits per heavy atom. The summed E-state index contributed by atoms with van der Waals surface area (Å²) in [6.45, 7) is 5.65. The van der Waals surface area contributed by atoms with Crippen molar-refractivity contribution in [2.24, 2.45) is 5.41 Å². The highest BCUT2D eigenvalue weighted by Crippen LogP contribution is 2.42. The molecular formula is C15H19NO2. The SMILES string of the molecule is CC(=O)c1cccc(N2CC3(CCOCC3)C2)c1. The lowest BCUT2D eigenvalue weighted by Gasteiger charge is -2.53. The molecule has 0 aliphatic carbocycles. The van der Waals surface area contributed by atoms with Gasteiger partial charge in [-0.25, -0.2) is 0 Å². The molecule has 1 aromatic rings. The topological polar surface area (TPSA) is 29.5 Å². The number of Topliss-reactive ketones (excluding diaryl/α,β-unsaturated/α-hetero) is 1. The molecule has 2 saturated heterocycles. The smallest absolute Gasteiger partial charge is 0.159 e. The third kappa shape index (κ3) is 2.03. The van der Waals surface area contributed by atoms with Crippen LogP contribution in [-0.2, 0) is 4.74 Å². The van der Waals surface area contributed by atoms with E-state index in [4.69, 9.17) is 4.74 Å². The van der Waals surface area contributed by atoms with Crippen LogP contribution in [0.1, 0.15) is 30.1 Å². The molecule has 0 bridgehead atoms. The largest absolute Gasteiger partial charge is 0.381 e. The average molecular weight is 245 g/mol. The van der Waals surface area contributed by atoms with E-state index in [1.54, 1.807) is 6.92 Å². The van der Waals surface area contributed by atoms with Crippen molar-refractivity contribution in [2.45, 2.75) is 19.8 Å². The zero-order valence-electron chi connectivity index (χ0n) is 10.8. The van der Waals surface area contributed by atoms with Crippen molar-refractivity contribution < 1.29 is 9.53 Å². The van der Waals surface area contributed by atoms with Crippen molar-refractivity contribution in [1.29, 1.82) is 0 Å². The van der Waals surface area contributed by atoms with Crippen LogP contribution >= 0.6 is 0 Å². The Hall–Kier alpha value is -1.35. The molecule has 2 fully saturated rings. The molecule has 0 atom stereocenters. The Morgan fingerprint density at radius 1 is 1.28 bits per heavy atom. The van der Waals surface area contributed by atoms with Gasteiger partial charge in [0.2, 0.25) is 0 Å². The highest BCUT2D eigenvalue weighted by molar-refractivity contribution is 5.95. The van der Waals surface area contributed by atoms with Gasteiger partial charge in [0, 0.05) is 43.0 Å². The zero-order chi connectivity index (χ0) is 12.6. The van der Waals surface area contributed by atoms with Crippen LogP contribution in [0.4, 0.5) is 5.69 Å². The lowest BCUT2D eigenvalue weighted by Crippen LogP contribution is -2.58. The Labute approximate surface area is 108 Å². The molecule has 0 radical (unpaired) electrons. The lowest BCUT2D eigenvalue weighted by molar-refractivity contribution is -0.000191. The summed E-state index contributed by atoms with van der Waals surface area (Å²) >= 11 is 0. The molecule has 1 spiro atoms. The molecule has 18 heavy (non-hydrogen) atoms. The number of carbonyl (C=O) groups excluding carboxylic acids is 1. The number of carbonyl (C=O) groups is 1. The molecule has 96 valence electrons. The minimum Gasteiger partial charge on any atom is -0.381 e. The molecule has 2 aliphatic heterocycles. The molecule has 2 aliphatic rings. The first kappa shape index (κ1) is 11.7. The van der Waals surface area contributed by atoms with Gasteiger partial charge in [-0.05, 0) is 31.9 Å². The number of benzene rings is 1. The molecule has 2 heterocycles. The van der Waals surface area contributed by atoms with E-state index in [1.165, 1.54) is 18.5 Å². The van der Waals surface area contributed by atoms with Crippen LogP contribution in [0, 0.1) is 5.41 Å². The van der Waals surface area contributed by atoms with Gasteiger partial charge in [-0.3, -0.25) is 4.79 Å². The third-order valence-corrected chi connectivity index (χ3v) is 4.22. The Morgan fingerprint density at radius 3 is 2.67 bits per heavy atom. The highest BCUT2D eigenvalue weighted by atomic mass is 16.5. The molecule has 0 saturated carbocycles. The number of nitrogens with zero attached hydrogens (tertiary/aromatic N) is 1. The summed E-state index contributed by atoms with van der Waals surface area (Å²) < 4.78 is 5.43. The summed E-state index contributed by atoms with van der Waals surface area (Å²) in [5.41, 5.74) is 2.46. The van der Waals surface area contributed by atoms with E-state index in [2.05, 4.69) is 11.0 Å². The maximum absolute atomic E-state index is 11.4. The first-order chi connectivity index (χ1) is 8.69. The predicted molar refractivity (Wildman–Crippen MR) is 71.1 cm³/mol. The molecule has 3 rings (SSSR count). The summed E-state index contributed by atoms with van der Waals surface area (Å²) in [6, 6.07) is 7.96. The quantitative estimate of drug-likeness (QED) is 0.750. The molecule has 3 nitrogen and oxygen atoms in total. The van der Waals surface area contributed by atoms with Crippen molar-refractivity contribution in [3.05, 3.63) is 29.8 Å². The average Bonchev–Trinajstić information content (AvgIpc) is 2.37. The van der Waals surface area contributed by atoms with Crippen molar-refractivity contribution in [3.8, 4) is 0 Å². The predicted octanol–water partition coefficient (Wildman–Crippen LogP) is 2.51. The van der Waals surface area contributed by atoms with Gasteiger partial charge in [0.25, 0.3) is 0 Å². The molecule has 0 amide bonds. The summed E-state index contributed by atoms with van der Waals surface area (Å²) in [4.78, 5) is 13.8. The van der Waals surface area contributed by atoms with Crippen molar-refractivity contribution in [1.82, 2.24) is 0 Å². The molecule has 0 unspecified atom stereocenters. The van der Waals surface area contributed by atoms with Crippen molar-refractivity contribution in [3.63, 3.8) is 0 Å². The lowest BCUT2D eigenvalue weighted by atomic mass is 9.73. The number of rotatable bonds is 2. The van der Waals surface area contributed by atoms with E-state index < -0.39 is 0 Å². The summed E-state index contributed by atoms with van der Waals surface area (Å²) in [7, 11) is 0. The summed E-state index contributed by atoms with van der Waals surface area (Å²) in [5.74, 6) is 0.137. The standard InChI is InChI=1S/C15H19NO2/c1-12(17)13-3-2-4-14(9-13)16-10-15(11-16)5-7-18-8-6-15/h2-4,9H,5-8,10-11H2,1H3. The second-order valence-corrected chi connectivity index (χ2v) is 5.57. The van der Waals surface area contributed by atoms with E-state index in [9.17, 15) is 4.79 Å². The van der Waals surface area contributed by atoms with Gasteiger partial charge in [-0.2, -0.15) is 0 Å². The maximum atomic E-state index is 11.4. The van der Waals surface area contributed by atoms with Crippen LogP contribution in [0.3, 0.4) is 0 Å². The molecule has 0 N–H and O–H groups in total. The van der Waals surface area contributed by atoms with Crippen molar-refractivity contribution in [2.75, 3.05) is 31.2 Å². The summed E-state index contributed by atoms with van der Waals surface area (Å²) in [6.07, 6.45) is 2.35. The number of ketones is 1. The van der Waals surface area contributed by atoms with Crippen LogP contribution in [-0.4, -0.2) is 32.1 Å². The Bertz CT molecular complexity index is 455. The molecule has 3 heteroatoms. The van der Waals surface area contributed by atoms with Crippen LogP contribution in [0.15, 0.2) is 24.3 Å². The second kappa shape index (κ2) is 4.39. The third-order valence-electron chi connectivity index (χ3n) is 4.22. The monoisotopic (exact) mass is 245 g/mol. The van der Waals surface area contributed by atoms with Crippen LogP contribution in [0.2, 0.25) is 0 Å². The highest BCUT2D eigenvalue weighted by Gasteiger charge is 2.43. The fourth-order valence-electron chi connectivity index (χ4n) is 2.99. The first-order valence-corrected chi connectivity index (χ1v) is 6.62. The van der Waals surface area contributed by atoms with E-state index in [0.29, 0.717) is 5.41 Å². The van der Waals surface area contributed by atoms with Gasteiger partial charge >= 0.3 is 0 Å². The first-order valence-electron chi connectivity index (χ1n) is 6.62. The van der Waals surface area contributed by atoms with Gasteiger partial charge in [-0.15, -0.1) is 0 Å². The fourth-order valence-corrected chi connectivity index (χ4v) is 2.99. The molecular weight excluding hydrogens is 226 g/mol. The minimum atomic E-state index is 0.137. The van der Waals surface area contributed by atoms with Gasteiger partial charge in [0.1, 0.15) is 0 Å². The van der Waals surface area contributed by atoms with Crippen LogP contribution in [0.5, 0.6) is 0 Å². The van der Waals surface area contributed by atoms with Gasteiger partial charge in [0.15, 0.2) is 5.78 Å². The normalized spacial score (nSPS) is 21.7. The van der Waals surface area contributed by atoms with E-state index >= 15 is 0 Å². The zero-order valence-corrected chi connectivity index (χ0v) is 10.8. The van der Waals surface area contributed by atoms with Crippen LogP contribution in [0.25, 0.3) is 0 Å². The minimum absolute atomic E-state index is 0.137. The number of hydrogen-bond donors (Lipinski definition) is 0. The van der Waals surface area contributed by atoms with Gasteiger partial charge in [0.05, 0.1) is 0 Å². The van der Waals surface area contributed by atoms with E-state index in [1.807, 2.05) is 18.2 Å². The van der Waals surface area contributed by atoms with E-state index in [-0.39, 0.29) is 5.78 Å². The number of anilines is 1. The number of hydrogen-bond acceptors (Lipinski definition) is 3. The fraction of sp³-hybridized carbons (Fsp3) is 0.533. The Balaban J connectivity index is 1.70. The summed E-state index contributed by atoms with van der Waals surface area (Å²) in [5, 5.41) is 0. The maximum Gasteiger partial charge on any atom is 0.159 e. The second-order valence-electron chi connectivity index (χ2n) is 5.57.